The number of likely N-dealkylation sites (tertiary alicyclic amines) is 1. The molecule has 2 aromatic rings. The smallest absolute Gasteiger partial charge is 0.254 e. The number of hydrogen-bond donors (Lipinski definition) is 1. The first-order valence-corrected chi connectivity index (χ1v) is 10.3. The molecule has 1 aromatic carbocycles. The van der Waals surface area contributed by atoms with Gasteiger partial charge in [-0.05, 0) is 62.1 Å². The van der Waals surface area contributed by atoms with E-state index in [-0.39, 0.29) is 23.8 Å². The molecular weight excluding hydrogens is 371 g/mol. The highest BCUT2D eigenvalue weighted by atomic mass is 19.1. The maximum atomic E-state index is 13.2. The van der Waals surface area contributed by atoms with Crippen LogP contribution in [0.4, 0.5) is 10.2 Å². The molecule has 1 aromatic heterocycles. The molecule has 2 saturated heterocycles. The zero-order valence-corrected chi connectivity index (χ0v) is 16.5. The molecule has 2 aliphatic rings. The maximum absolute atomic E-state index is 13.2. The van der Waals surface area contributed by atoms with Crippen molar-refractivity contribution in [3.8, 4) is 5.75 Å². The Bertz CT molecular complexity index is 837. The van der Waals surface area contributed by atoms with Crippen LogP contribution in [0.25, 0.3) is 0 Å². The fourth-order valence-corrected chi connectivity index (χ4v) is 4.02. The molecule has 2 fully saturated rings. The van der Waals surface area contributed by atoms with Crippen molar-refractivity contribution in [2.45, 2.75) is 37.8 Å². The standard InChI is InChI=1S/C22H27FN4O2/c23-17-3-5-20(6-4-17)29-15-19-2-1-11-27(19)22(28)16-7-10-25-21(14-16)26-12-8-18(24)9-13-26/h3-7,10,14,18-19H,1-2,8-9,11-13,15,24H2. The summed E-state index contributed by atoms with van der Waals surface area (Å²) in [6, 6.07) is 9.89. The summed E-state index contributed by atoms with van der Waals surface area (Å²) in [4.78, 5) is 21.7. The number of pyridine rings is 1. The molecular formula is C22H27FN4O2. The fraction of sp³-hybridized carbons (Fsp3) is 0.455. The number of amides is 1. The lowest BCUT2D eigenvalue weighted by atomic mass is 10.1. The van der Waals surface area contributed by atoms with Gasteiger partial charge in [0.1, 0.15) is 24.0 Å². The topological polar surface area (TPSA) is 71.7 Å². The Kier molecular flexibility index (Phi) is 5.94. The second kappa shape index (κ2) is 8.78. The lowest BCUT2D eigenvalue weighted by Gasteiger charge is -2.31. The van der Waals surface area contributed by atoms with Crippen LogP contribution < -0.4 is 15.4 Å². The summed E-state index contributed by atoms with van der Waals surface area (Å²) in [5, 5.41) is 0. The van der Waals surface area contributed by atoms with Gasteiger partial charge in [0.15, 0.2) is 0 Å². The summed E-state index contributed by atoms with van der Waals surface area (Å²) in [6.45, 7) is 2.85. The molecule has 3 heterocycles. The average Bonchev–Trinajstić information content (AvgIpc) is 3.22. The van der Waals surface area contributed by atoms with Gasteiger partial charge >= 0.3 is 0 Å². The number of carbonyl (C=O) groups is 1. The monoisotopic (exact) mass is 398 g/mol. The molecule has 4 rings (SSSR count). The van der Waals surface area contributed by atoms with E-state index in [1.165, 1.54) is 12.1 Å². The summed E-state index contributed by atoms with van der Waals surface area (Å²) in [7, 11) is 0. The molecule has 1 atom stereocenters. The van der Waals surface area contributed by atoms with Crippen LogP contribution in [0.1, 0.15) is 36.0 Å². The molecule has 1 unspecified atom stereocenters. The second-order valence-corrected chi connectivity index (χ2v) is 7.79. The van der Waals surface area contributed by atoms with Gasteiger partial charge in [-0.1, -0.05) is 0 Å². The van der Waals surface area contributed by atoms with Crippen LogP contribution in [0.5, 0.6) is 5.75 Å². The summed E-state index contributed by atoms with van der Waals surface area (Å²) >= 11 is 0. The van der Waals surface area contributed by atoms with Crippen molar-refractivity contribution in [3.05, 3.63) is 54.0 Å². The Hall–Kier alpha value is -2.67. The van der Waals surface area contributed by atoms with Crippen LogP contribution in [0.2, 0.25) is 0 Å². The molecule has 7 heteroatoms. The highest BCUT2D eigenvalue weighted by Crippen LogP contribution is 2.24. The number of nitrogens with zero attached hydrogens (tertiary/aromatic N) is 3. The van der Waals surface area contributed by atoms with E-state index >= 15 is 0 Å². The van der Waals surface area contributed by atoms with Gasteiger partial charge in [-0.25, -0.2) is 9.37 Å². The van der Waals surface area contributed by atoms with E-state index in [9.17, 15) is 9.18 Å². The van der Waals surface area contributed by atoms with Crippen LogP contribution in [0.15, 0.2) is 42.6 Å². The van der Waals surface area contributed by atoms with Gasteiger partial charge < -0.3 is 20.3 Å². The van der Waals surface area contributed by atoms with Gasteiger partial charge in [0.05, 0.1) is 6.04 Å². The third-order valence-corrected chi connectivity index (χ3v) is 5.75. The molecule has 2 aliphatic heterocycles. The third-order valence-electron chi connectivity index (χ3n) is 5.75. The summed E-state index contributed by atoms with van der Waals surface area (Å²) in [5.74, 6) is 1.16. The molecule has 0 aliphatic carbocycles. The third kappa shape index (κ3) is 4.67. The summed E-state index contributed by atoms with van der Waals surface area (Å²) < 4.78 is 18.8. The highest BCUT2D eigenvalue weighted by Gasteiger charge is 2.30. The number of anilines is 1. The lowest BCUT2D eigenvalue weighted by Crippen LogP contribution is -2.40. The molecule has 1 amide bonds. The molecule has 6 nitrogen and oxygen atoms in total. The number of rotatable bonds is 5. The zero-order chi connectivity index (χ0) is 20.2. The van der Waals surface area contributed by atoms with E-state index in [4.69, 9.17) is 10.5 Å². The molecule has 29 heavy (non-hydrogen) atoms. The predicted molar refractivity (Wildman–Crippen MR) is 110 cm³/mol. The van der Waals surface area contributed by atoms with Crippen molar-refractivity contribution in [2.24, 2.45) is 5.73 Å². The Morgan fingerprint density at radius 1 is 1.14 bits per heavy atom. The van der Waals surface area contributed by atoms with Gasteiger partial charge in [-0.2, -0.15) is 0 Å². The van der Waals surface area contributed by atoms with E-state index in [0.29, 0.717) is 24.5 Å². The van der Waals surface area contributed by atoms with Crippen LogP contribution >= 0.6 is 0 Å². The Morgan fingerprint density at radius 3 is 2.66 bits per heavy atom. The van der Waals surface area contributed by atoms with E-state index in [0.717, 1.165) is 44.6 Å². The van der Waals surface area contributed by atoms with Crippen LogP contribution in [-0.4, -0.2) is 54.1 Å². The van der Waals surface area contributed by atoms with Crippen LogP contribution in [0.3, 0.4) is 0 Å². The molecule has 2 N–H and O–H groups in total. The first kappa shape index (κ1) is 19.6. The average molecular weight is 398 g/mol. The molecule has 0 radical (unpaired) electrons. The van der Waals surface area contributed by atoms with Crippen molar-refractivity contribution >= 4 is 11.7 Å². The van der Waals surface area contributed by atoms with Crippen molar-refractivity contribution in [3.63, 3.8) is 0 Å². The number of nitrogens with two attached hydrogens (primary N) is 1. The number of aromatic nitrogens is 1. The molecule has 154 valence electrons. The van der Waals surface area contributed by atoms with Gasteiger partial charge in [0.2, 0.25) is 0 Å². The van der Waals surface area contributed by atoms with Gasteiger partial charge in [-0.15, -0.1) is 0 Å². The van der Waals surface area contributed by atoms with Crippen molar-refractivity contribution in [2.75, 3.05) is 31.1 Å². The quantitative estimate of drug-likeness (QED) is 0.839. The summed E-state index contributed by atoms with van der Waals surface area (Å²) in [5.41, 5.74) is 6.64. The fourth-order valence-electron chi connectivity index (χ4n) is 4.02. The number of piperidine rings is 1. The highest BCUT2D eigenvalue weighted by molar-refractivity contribution is 5.95. The largest absolute Gasteiger partial charge is 0.491 e. The Morgan fingerprint density at radius 2 is 1.90 bits per heavy atom. The van der Waals surface area contributed by atoms with E-state index in [1.54, 1.807) is 24.4 Å². The second-order valence-electron chi connectivity index (χ2n) is 7.79. The first-order valence-electron chi connectivity index (χ1n) is 10.3. The number of benzene rings is 1. The molecule has 0 spiro atoms. The van der Waals surface area contributed by atoms with Gasteiger partial charge in [-0.3, -0.25) is 4.79 Å². The minimum absolute atomic E-state index is 0.00701. The number of hydrogen-bond acceptors (Lipinski definition) is 5. The lowest BCUT2D eigenvalue weighted by molar-refractivity contribution is 0.0691. The van der Waals surface area contributed by atoms with Crippen molar-refractivity contribution in [1.29, 1.82) is 0 Å². The zero-order valence-electron chi connectivity index (χ0n) is 16.5. The summed E-state index contributed by atoms with van der Waals surface area (Å²) in [6.07, 6.45) is 5.43. The minimum atomic E-state index is -0.292. The SMILES string of the molecule is NC1CCN(c2cc(C(=O)N3CCCC3COc3ccc(F)cc3)ccn2)CC1. The maximum Gasteiger partial charge on any atom is 0.254 e. The molecule has 0 saturated carbocycles. The van der Waals surface area contributed by atoms with E-state index in [2.05, 4.69) is 9.88 Å². The molecule has 0 bridgehead atoms. The Balaban J connectivity index is 1.41. The first-order chi connectivity index (χ1) is 14.1. The Labute approximate surface area is 170 Å². The minimum Gasteiger partial charge on any atom is -0.491 e. The number of halogens is 1. The van der Waals surface area contributed by atoms with Crippen molar-refractivity contribution < 1.29 is 13.9 Å². The number of carbonyl (C=O) groups excluding carboxylic acids is 1. The van der Waals surface area contributed by atoms with Gasteiger partial charge in [0, 0.05) is 37.4 Å². The van der Waals surface area contributed by atoms with E-state index in [1.807, 2.05) is 11.0 Å². The normalized spacial score (nSPS) is 20.1. The van der Waals surface area contributed by atoms with E-state index < -0.39 is 0 Å². The predicted octanol–water partition coefficient (Wildman–Crippen LogP) is 2.83. The van der Waals surface area contributed by atoms with Gasteiger partial charge in [0.25, 0.3) is 5.91 Å². The van der Waals surface area contributed by atoms with Crippen LogP contribution in [-0.2, 0) is 0 Å². The number of ether oxygens (including phenoxy) is 1. The van der Waals surface area contributed by atoms with Crippen LogP contribution in [0, 0.1) is 5.82 Å². The van der Waals surface area contributed by atoms with Crippen molar-refractivity contribution in [1.82, 2.24) is 9.88 Å².